The van der Waals surface area contributed by atoms with Crippen LogP contribution in [-0.4, -0.2) is 102 Å². The van der Waals surface area contributed by atoms with Crippen LogP contribution in [0, 0.1) is 0 Å². The van der Waals surface area contributed by atoms with Gasteiger partial charge in [0.1, 0.15) is 0 Å². The number of carbonyl (C=O) groups is 2. The van der Waals surface area contributed by atoms with E-state index in [1.54, 1.807) is 9.80 Å². The molecule has 0 bridgehead atoms. The van der Waals surface area contributed by atoms with Crippen molar-refractivity contribution in [2.24, 2.45) is 0 Å². The molecular weight excluding hydrogens is 266 g/mol. The summed E-state index contributed by atoms with van der Waals surface area (Å²) in [6.45, 7) is 3.53. The first kappa shape index (κ1) is 15.0. The van der Waals surface area contributed by atoms with Crippen molar-refractivity contribution in [1.82, 2.24) is 14.7 Å². The number of piperazine rings is 1. The maximum absolute atomic E-state index is 12.3. The molecule has 0 aromatic heterocycles. The van der Waals surface area contributed by atoms with Gasteiger partial charge in [0, 0.05) is 32.7 Å². The highest BCUT2D eigenvalue weighted by molar-refractivity contribution is 5.75. The molecular formula is C12H21N3O5. The van der Waals surface area contributed by atoms with E-state index in [1.165, 1.54) is 0 Å². The van der Waals surface area contributed by atoms with Crippen molar-refractivity contribution in [3.8, 4) is 0 Å². The fourth-order valence-corrected chi connectivity index (χ4v) is 2.49. The summed E-state index contributed by atoms with van der Waals surface area (Å²) in [4.78, 5) is 28.2. The molecule has 8 nitrogen and oxygen atoms in total. The Morgan fingerprint density at radius 2 is 1.80 bits per heavy atom. The van der Waals surface area contributed by atoms with Crippen LogP contribution >= 0.6 is 0 Å². The van der Waals surface area contributed by atoms with Crippen molar-refractivity contribution in [2.75, 3.05) is 59.0 Å². The molecule has 2 saturated heterocycles. The molecule has 114 valence electrons. The van der Waals surface area contributed by atoms with Crippen LogP contribution in [-0.2, 0) is 9.53 Å². The van der Waals surface area contributed by atoms with Crippen molar-refractivity contribution >= 4 is 12.0 Å². The van der Waals surface area contributed by atoms with Crippen LogP contribution in [0.3, 0.4) is 0 Å². The molecule has 2 amide bonds. The molecule has 8 heteroatoms. The molecule has 0 saturated carbocycles. The number of urea groups is 1. The van der Waals surface area contributed by atoms with Crippen molar-refractivity contribution in [3.63, 3.8) is 0 Å². The van der Waals surface area contributed by atoms with E-state index in [9.17, 15) is 9.59 Å². The van der Waals surface area contributed by atoms with E-state index >= 15 is 0 Å². The lowest BCUT2D eigenvalue weighted by Gasteiger charge is -2.39. The average Bonchev–Trinajstić information content (AvgIpc) is 2.47. The van der Waals surface area contributed by atoms with Crippen LogP contribution < -0.4 is 0 Å². The van der Waals surface area contributed by atoms with Crippen molar-refractivity contribution in [3.05, 3.63) is 0 Å². The highest BCUT2D eigenvalue weighted by Gasteiger charge is 2.29. The third-order valence-electron chi connectivity index (χ3n) is 3.61. The number of hydrogen-bond donors (Lipinski definition) is 2. The summed E-state index contributed by atoms with van der Waals surface area (Å²) in [5.41, 5.74) is 0. The Morgan fingerprint density at radius 3 is 2.40 bits per heavy atom. The monoisotopic (exact) mass is 287 g/mol. The Kier molecular flexibility index (Phi) is 5.16. The quantitative estimate of drug-likeness (QED) is 0.656. The molecule has 2 heterocycles. The zero-order chi connectivity index (χ0) is 14.5. The van der Waals surface area contributed by atoms with Gasteiger partial charge in [0.15, 0.2) is 0 Å². The summed E-state index contributed by atoms with van der Waals surface area (Å²) >= 11 is 0. The number of aliphatic hydroxyl groups excluding tert-OH is 1. The lowest BCUT2D eigenvalue weighted by molar-refractivity contribution is -0.138. The van der Waals surface area contributed by atoms with Gasteiger partial charge in [-0.25, -0.2) is 4.79 Å². The minimum atomic E-state index is -0.844. The number of hydrogen-bond acceptors (Lipinski definition) is 5. The third kappa shape index (κ3) is 3.81. The summed E-state index contributed by atoms with van der Waals surface area (Å²) < 4.78 is 5.32. The number of carboxylic acids is 1. The summed E-state index contributed by atoms with van der Waals surface area (Å²) in [5.74, 6) is -0.844. The van der Waals surface area contributed by atoms with Gasteiger partial charge in [-0.15, -0.1) is 0 Å². The molecule has 0 aromatic carbocycles. The number of aliphatic hydroxyl groups is 1. The number of carbonyl (C=O) groups excluding carboxylic acids is 1. The Hall–Kier alpha value is -1.38. The second-order valence-electron chi connectivity index (χ2n) is 5.06. The van der Waals surface area contributed by atoms with Gasteiger partial charge in [-0.05, 0) is 0 Å². The smallest absolute Gasteiger partial charge is 0.320 e. The molecule has 1 atom stereocenters. The van der Waals surface area contributed by atoms with Crippen molar-refractivity contribution in [2.45, 2.75) is 6.10 Å². The predicted octanol–water partition coefficient (Wildman–Crippen LogP) is -1.50. The number of amides is 2. The van der Waals surface area contributed by atoms with Gasteiger partial charge in [-0.3, -0.25) is 9.69 Å². The number of ether oxygens (including phenoxy) is 1. The first-order valence-electron chi connectivity index (χ1n) is 6.80. The van der Waals surface area contributed by atoms with Gasteiger partial charge in [0.25, 0.3) is 0 Å². The maximum Gasteiger partial charge on any atom is 0.320 e. The van der Waals surface area contributed by atoms with E-state index in [-0.39, 0.29) is 25.3 Å². The van der Waals surface area contributed by atoms with E-state index < -0.39 is 5.97 Å². The van der Waals surface area contributed by atoms with Crippen LogP contribution in [0.4, 0.5) is 4.79 Å². The highest BCUT2D eigenvalue weighted by Crippen LogP contribution is 2.10. The van der Waals surface area contributed by atoms with Crippen LogP contribution in [0.5, 0.6) is 0 Å². The standard InChI is InChI=1S/C12H21N3O5/c16-9-10-7-15(5-6-20-10)12(19)14-3-1-13(2-4-14)8-11(17)18/h10,16H,1-9H2,(H,17,18). The van der Waals surface area contributed by atoms with Gasteiger partial charge in [0.05, 0.1) is 32.4 Å². The molecule has 0 aromatic rings. The molecule has 20 heavy (non-hydrogen) atoms. The van der Waals surface area contributed by atoms with E-state index in [0.29, 0.717) is 45.9 Å². The van der Waals surface area contributed by atoms with Gasteiger partial charge < -0.3 is 24.7 Å². The minimum Gasteiger partial charge on any atom is -0.480 e. The number of nitrogens with zero attached hydrogens (tertiary/aromatic N) is 3. The minimum absolute atomic E-state index is 0.0200. The second-order valence-corrected chi connectivity index (χ2v) is 5.06. The summed E-state index contributed by atoms with van der Waals surface area (Å²) in [6.07, 6.45) is -0.305. The Balaban J connectivity index is 1.80. The molecule has 0 aliphatic carbocycles. The number of rotatable bonds is 3. The topological polar surface area (TPSA) is 93.6 Å². The van der Waals surface area contributed by atoms with E-state index in [0.717, 1.165) is 0 Å². The molecule has 2 aliphatic rings. The second kappa shape index (κ2) is 6.87. The van der Waals surface area contributed by atoms with E-state index in [4.69, 9.17) is 14.9 Å². The average molecular weight is 287 g/mol. The summed E-state index contributed by atoms with van der Waals surface area (Å²) in [6, 6.07) is -0.0540. The molecule has 2 fully saturated rings. The first-order chi connectivity index (χ1) is 9.60. The zero-order valence-corrected chi connectivity index (χ0v) is 11.4. The maximum atomic E-state index is 12.3. The Morgan fingerprint density at radius 1 is 1.10 bits per heavy atom. The van der Waals surface area contributed by atoms with Gasteiger partial charge in [-0.1, -0.05) is 0 Å². The lowest BCUT2D eigenvalue weighted by atomic mass is 10.2. The fraction of sp³-hybridized carbons (Fsp3) is 0.833. The third-order valence-corrected chi connectivity index (χ3v) is 3.61. The normalized spacial score (nSPS) is 24.8. The Labute approximate surface area is 117 Å². The molecule has 2 rings (SSSR count). The van der Waals surface area contributed by atoms with Crippen LogP contribution in [0.25, 0.3) is 0 Å². The molecule has 1 unspecified atom stereocenters. The van der Waals surface area contributed by atoms with Gasteiger partial charge in [0.2, 0.25) is 0 Å². The fourth-order valence-electron chi connectivity index (χ4n) is 2.49. The van der Waals surface area contributed by atoms with Gasteiger partial charge in [-0.2, -0.15) is 0 Å². The van der Waals surface area contributed by atoms with Crippen molar-refractivity contribution < 1.29 is 24.5 Å². The number of aliphatic carboxylic acids is 1. The van der Waals surface area contributed by atoms with E-state index in [1.807, 2.05) is 4.90 Å². The predicted molar refractivity (Wildman–Crippen MR) is 69.4 cm³/mol. The number of carboxylic acid groups (broad SMARTS) is 1. The molecule has 0 radical (unpaired) electrons. The number of morpholine rings is 1. The van der Waals surface area contributed by atoms with Crippen LogP contribution in [0.1, 0.15) is 0 Å². The molecule has 0 spiro atoms. The lowest BCUT2D eigenvalue weighted by Crippen LogP contribution is -2.56. The van der Waals surface area contributed by atoms with E-state index in [2.05, 4.69) is 0 Å². The van der Waals surface area contributed by atoms with Crippen molar-refractivity contribution in [1.29, 1.82) is 0 Å². The SMILES string of the molecule is O=C(O)CN1CCN(C(=O)N2CCOC(CO)C2)CC1. The highest BCUT2D eigenvalue weighted by atomic mass is 16.5. The largest absolute Gasteiger partial charge is 0.480 e. The first-order valence-corrected chi connectivity index (χ1v) is 6.80. The van der Waals surface area contributed by atoms with Gasteiger partial charge >= 0.3 is 12.0 Å². The molecule has 2 N–H and O–H groups in total. The van der Waals surface area contributed by atoms with Crippen LogP contribution in [0.15, 0.2) is 0 Å². The van der Waals surface area contributed by atoms with Crippen LogP contribution in [0.2, 0.25) is 0 Å². The molecule has 2 aliphatic heterocycles. The summed E-state index contributed by atoms with van der Waals surface area (Å²) in [5, 5.41) is 17.8. The summed E-state index contributed by atoms with van der Waals surface area (Å²) in [7, 11) is 0. The zero-order valence-electron chi connectivity index (χ0n) is 11.4. The Bertz CT molecular complexity index is 357.